The molecular weight excluding hydrogens is 464 g/mol. The number of piperidine rings is 1. The molecule has 2 aliphatic rings. The number of fused-ring (bicyclic) bond motifs is 1. The van der Waals surface area contributed by atoms with Gasteiger partial charge in [0.25, 0.3) is 10.0 Å². The lowest BCUT2D eigenvalue weighted by molar-refractivity contribution is -0.126. The van der Waals surface area contributed by atoms with E-state index in [0.717, 1.165) is 11.1 Å². The number of aromatic nitrogens is 1. The first-order valence-electron chi connectivity index (χ1n) is 11.6. The van der Waals surface area contributed by atoms with E-state index in [1.165, 1.54) is 0 Å². The maximum Gasteiger partial charge on any atom is 0.285 e. The van der Waals surface area contributed by atoms with E-state index in [2.05, 4.69) is 14.7 Å². The van der Waals surface area contributed by atoms with E-state index in [-0.39, 0.29) is 16.7 Å². The predicted molar refractivity (Wildman–Crippen MR) is 131 cm³/mol. The molecule has 0 bridgehead atoms. The van der Waals surface area contributed by atoms with Crippen molar-refractivity contribution in [3.8, 4) is 5.88 Å². The van der Waals surface area contributed by atoms with Crippen LogP contribution in [0.1, 0.15) is 29.5 Å². The minimum absolute atomic E-state index is 0.00500. The molecule has 0 unspecified atom stereocenters. The zero-order valence-corrected chi connectivity index (χ0v) is 19.9. The lowest BCUT2D eigenvalue weighted by atomic mass is 9.95. The molecule has 0 radical (unpaired) electrons. The van der Waals surface area contributed by atoms with E-state index < -0.39 is 10.0 Å². The molecule has 0 aliphatic carbocycles. The number of nitrogens with one attached hydrogen (secondary N) is 1. The van der Waals surface area contributed by atoms with Gasteiger partial charge >= 0.3 is 0 Å². The molecule has 1 amide bonds. The fourth-order valence-corrected chi connectivity index (χ4v) is 5.60. The van der Waals surface area contributed by atoms with Crippen molar-refractivity contribution in [1.82, 2.24) is 15.2 Å². The molecule has 0 spiro atoms. The van der Waals surface area contributed by atoms with Gasteiger partial charge in [0.15, 0.2) is 5.84 Å². The van der Waals surface area contributed by atoms with Crippen LogP contribution < -0.4 is 10.1 Å². The lowest BCUT2D eigenvalue weighted by Crippen LogP contribution is -2.42. The number of carbonyl (C=O) groups excluding carboxylic acids is 1. The van der Waals surface area contributed by atoms with E-state index in [1.54, 1.807) is 24.4 Å². The maximum atomic E-state index is 12.8. The molecular formula is C26H26N4O4S. The number of carbonyl (C=O) groups is 1. The highest BCUT2D eigenvalue weighted by Crippen LogP contribution is 2.29. The van der Waals surface area contributed by atoms with Crippen molar-refractivity contribution in [2.24, 2.45) is 10.3 Å². The zero-order chi connectivity index (χ0) is 24.3. The van der Waals surface area contributed by atoms with Gasteiger partial charge in [-0.2, -0.15) is 8.42 Å². The summed E-state index contributed by atoms with van der Waals surface area (Å²) < 4.78 is 34.5. The summed E-state index contributed by atoms with van der Waals surface area (Å²) in [5.74, 6) is 0.867. The van der Waals surface area contributed by atoms with Gasteiger partial charge in [-0.15, -0.1) is 4.40 Å². The average molecular weight is 491 g/mol. The molecule has 1 fully saturated rings. The number of sulfonamides is 1. The van der Waals surface area contributed by atoms with Gasteiger partial charge in [0.1, 0.15) is 11.5 Å². The maximum absolute atomic E-state index is 12.8. The number of amides is 1. The fourth-order valence-electron chi connectivity index (χ4n) is 4.37. The smallest absolute Gasteiger partial charge is 0.285 e. The Morgan fingerprint density at radius 1 is 1.00 bits per heavy atom. The third kappa shape index (κ3) is 5.19. The first-order valence-corrected chi connectivity index (χ1v) is 13.0. The van der Waals surface area contributed by atoms with Crippen LogP contribution in [0.3, 0.4) is 0 Å². The molecule has 8 nitrogen and oxygen atoms in total. The van der Waals surface area contributed by atoms with Gasteiger partial charge in [-0.05, 0) is 42.2 Å². The molecule has 35 heavy (non-hydrogen) atoms. The van der Waals surface area contributed by atoms with Gasteiger partial charge in [-0.3, -0.25) is 4.79 Å². The second-order valence-electron chi connectivity index (χ2n) is 8.64. The Bertz CT molecular complexity index is 1350. The van der Waals surface area contributed by atoms with Gasteiger partial charge in [0, 0.05) is 43.4 Å². The molecule has 1 aromatic heterocycles. The zero-order valence-electron chi connectivity index (χ0n) is 19.1. The van der Waals surface area contributed by atoms with Crippen LogP contribution >= 0.6 is 0 Å². The van der Waals surface area contributed by atoms with Crippen molar-refractivity contribution in [3.05, 3.63) is 89.6 Å². The van der Waals surface area contributed by atoms with Crippen molar-refractivity contribution < 1.29 is 17.9 Å². The number of likely N-dealkylation sites (tertiary alicyclic amines) is 1. The Hall–Kier alpha value is -3.72. The minimum atomic E-state index is -3.65. The van der Waals surface area contributed by atoms with E-state index in [0.29, 0.717) is 56.4 Å². The molecule has 3 aromatic rings. The Morgan fingerprint density at radius 3 is 2.54 bits per heavy atom. The van der Waals surface area contributed by atoms with Crippen LogP contribution in [0.5, 0.6) is 5.88 Å². The molecule has 0 saturated carbocycles. The molecule has 9 heteroatoms. The minimum Gasteiger partial charge on any atom is -0.473 e. The summed E-state index contributed by atoms with van der Waals surface area (Å²) in [4.78, 5) is 19.3. The normalized spacial score (nSPS) is 16.9. The van der Waals surface area contributed by atoms with Crippen molar-refractivity contribution >= 4 is 21.8 Å². The summed E-state index contributed by atoms with van der Waals surface area (Å²) in [5.41, 5.74) is 2.61. The van der Waals surface area contributed by atoms with Crippen molar-refractivity contribution in [1.29, 1.82) is 0 Å². The predicted octanol–water partition coefficient (Wildman–Crippen LogP) is 3.14. The number of rotatable bonds is 6. The fraction of sp³-hybridized carbons (Fsp3) is 0.269. The highest BCUT2D eigenvalue weighted by molar-refractivity contribution is 7.90. The lowest BCUT2D eigenvalue weighted by Gasteiger charge is -2.32. The van der Waals surface area contributed by atoms with Gasteiger partial charge < -0.3 is 15.0 Å². The largest absolute Gasteiger partial charge is 0.473 e. The summed E-state index contributed by atoms with van der Waals surface area (Å²) in [6.45, 7) is 1.97. The quantitative estimate of drug-likeness (QED) is 0.570. The molecule has 180 valence electrons. The van der Waals surface area contributed by atoms with Crippen LogP contribution in [0.2, 0.25) is 0 Å². The summed E-state index contributed by atoms with van der Waals surface area (Å²) in [6.07, 6.45) is 2.94. The highest BCUT2D eigenvalue weighted by atomic mass is 32.2. The number of ether oxygens (including phenoxy) is 1. The summed E-state index contributed by atoms with van der Waals surface area (Å²) in [5, 5.41) is 3.02. The van der Waals surface area contributed by atoms with Crippen molar-refractivity contribution in [2.75, 3.05) is 13.1 Å². The van der Waals surface area contributed by atoms with Crippen molar-refractivity contribution in [3.63, 3.8) is 0 Å². The van der Waals surface area contributed by atoms with Crippen LogP contribution in [-0.2, 0) is 28.0 Å². The van der Waals surface area contributed by atoms with E-state index in [4.69, 9.17) is 4.74 Å². The van der Waals surface area contributed by atoms with E-state index >= 15 is 0 Å². The molecule has 1 saturated heterocycles. The number of amidine groups is 1. The highest BCUT2D eigenvalue weighted by Gasteiger charge is 2.34. The molecule has 2 aromatic carbocycles. The number of benzene rings is 2. The molecule has 5 rings (SSSR count). The number of hydrogen-bond donors (Lipinski definition) is 1. The van der Waals surface area contributed by atoms with Crippen LogP contribution in [0.4, 0.5) is 0 Å². The standard InChI is InChI=1S/C26H26N4O4S/c31-26(28-17-20-10-13-27-24(16-20)34-18-19-6-2-1-3-7-19)21-11-14-30(15-12-21)25-22-8-4-5-9-23(22)35(32,33)29-25/h1-10,13,16,21H,11-12,14-15,17-18H2,(H,28,31). The summed E-state index contributed by atoms with van der Waals surface area (Å²) in [7, 11) is -3.65. The van der Waals surface area contributed by atoms with Crippen molar-refractivity contribution in [2.45, 2.75) is 30.9 Å². The topological polar surface area (TPSA) is 101 Å². The van der Waals surface area contributed by atoms with E-state index in [1.807, 2.05) is 53.4 Å². The second kappa shape index (κ2) is 9.87. The number of nitrogens with zero attached hydrogens (tertiary/aromatic N) is 3. The Morgan fingerprint density at radius 2 is 1.74 bits per heavy atom. The number of pyridine rings is 1. The monoisotopic (exact) mass is 490 g/mol. The van der Waals surface area contributed by atoms with Crippen LogP contribution in [0.15, 0.2) is 82.2 Å². The Labute approximate surface area is 204 Å². The second-order valence-corrected chi connectivity index (χ2v) is 10.2. The molecule has 0 atom stereocenters. The summed E-state index contributed by atoms with van der Waals surface area (Å²) >= 11 is 0. The molecule has 2 aliphatic heterocycles. The SMILES string of the molecule is O=C(NCc1ccnc(OCc2ccccc2)c1)C1CCN(C2=NS(=O)(=O)c3ccccc32)CC1. The third-order valence-electron chi connectivity index (χ3n) is 6.27. The number of hydrogen-bond acceptors (Lipinski definition) is 6. The van der Waals surface area contributed by atoms with Gasteiger partial charge in [0.05, 0.1) is 0 Å². The van der Waals surface area contributed by atoms with Crippen LogP contribution in [0.25, 0.3) is 0 Å². The third-order valence-corrected chi connectivity index (χ3v) is 7.60. The van der Waals surface area contributed by atoms with E-state index in [9.17, 15) is 13.2 Å². The molecule has 3 heterocycles. The molecule has 1 N–H and O–H groups in total. The first kappa shape index (κ1) is 23.0. The van der Waals surface area contributed by atoms with Gasteiger partial charge in [-0.1, -0.05) is 42.5 Å². The Balaban J connectivity index is 1.13. The summed E-state index contributed by atoms with van der Waals surface area (Å²) in [6, 6.07) is 20.4. The first-order chi connectivity index (χ1) is 17.0. The van der Waals surface area contributed by atoms with Crippen LogP contribution in [0, 0.1) is 5.92 Å². The van der Waals surface area contributed by atoms with Crippen LogP contribution in [-0.4, -0.2) is 43.1 Å². The van der Waals surface area contributed by atoms with Gasteiger partial charge in [0.2, 0.25) is 11.8 Å². The van der Waals surface area contributed by atoms with Gasteiger partial charge in [-0.25, -0.2) is 4.98 Å². The average Bonchev–Trinajstić information content (AvgIpc) is 3.18. The Kier molecular flexibility index (Phi) is 6.50.